The second-order valence-corrected chi connectivity index (χ2v) is 12.0. The number of halogens is 1. The molecular weight excluding hydrogens is 438 g/mol. The predicted octanol–water partition coefficient (Wildman–Crippen LogP) is 6.99. The Morgan fingerprint density at radius 1 is 0.962 bits per heavy atom. The highest BCUT2D eigenvalue weighted by Gasteiger charge is 2.20. The van der Waals surface area contributed by atoms with Crippen LogP contribution in [0, 0.1) is 6.92 Å². The van der Waals surface area contributed by atoms with Crippen LogP contribution in [0.5, 0.6) is 0 Å². The lowest BCUT2D eigenvalue weighted by Crippen LogP contribution is -2.20. The van der Waals surface area contributed by atoms with E-state index in [9.17, 15) is 0 Å². The molecule has 0 aliphatic rings. The molecule has 3 rings (SSSR count). The number of hydrogen-bond donors (Lipinski definition) is 0. The molecule has 0 radical (unpaired) electrons. The maximum atomic E-state index is 3.83. The van der Waals surface area contributed by atoms with Gasteiger partial charge >= 0.3 is 0 Å². The Hall–Kier alpha value is -0.650. The van der Waals surface area contributed by atoms with E-state index in [1.807, 2.05) is 11.8 Å². The summed E-state index contributed by atoms with van der Waals surface area (Å²) in [5, 5.41) is 4.40. The molecule has 0 aliphatic heterocycles. The maximum Gasteiger partial charge on any atom is 0.0362 e. The van der Waals surface area contributed by atoms with Gasteiger partial charge in [0, 0.05) is 14.1 Å². The quantitative estimate of drug-likeness (QED) is 0.208. The molecule has 0 unspecified atom stereocenters. The van der Waals surface area contributed by atoms with Crippen LogP contribution in [0.25, 0.3) is 0 Å². The normalized spacial score (nSPS) is 11.4. The topological polar surface area (TPSA) is 0 Å². The van der Waals surface area contributed by atoms with Crippen LogP contribution in [0.4, 0.5) is 0 Å². The number of hydrogen-bond acceptors (Lipinski definition) is 1. The van der Waals surface area contributed by atoms with Crippen LogP contribution < -0.4 is 15.6 Å². The molecule has 2 aromatic carbocycles. The molecule has 0 aliphatic carbocycles. The van der Waals surface area contributed by atoms with Gasteiger partial charge in [0.15, 0.2) is 0 Å². The molecular formula is C22H23BrP2S. The van der Waals surface area contributed by atoms with Gasteiger partial charge in [-0.2, -0.15) is 0 Å². The van der Waals surface area contributed by atoms with E-state index in [1.54, 1.807) is 5.04 Å². The first-order valence-electron chi connectivity index (χ1n) is 8.91. The van der Waals surface area contributed by atoms with Gasteiger partial charge in [-0.3, -0.25) is 0 Å². The second kappa shape index (κ2) is 10.0. The van der Waals surface area contributed by atoms with E-state index in [0.717, 1.165) is 0 Å². The van der Waals surface area contributed by atoms with Gasteiger partial charge in [-0.25, -0.2) is 0 Å². The second-order valence-electron chi connectivity index (χ2n) is 6.10. The van der Waals surface area contributed by atoms with Crippen molar-refractivity contribution in [2.45, 2.75) is 31.3 Å². The van der Waals surface area contributed by atoms with Crippen molar-refractivity contribution in [2.75, 3.05) is 5.75 Å². The minimum atomic E-state index is -0.518. The molecule has 134 valence electrons. The molecule has 3 aromatic rings. The monoisotopic (exact) mass is 460 g/mol. The molecule has 1 heterocycles. The summed E-state index contributed by atoms with van der Waals surface area (Å²) in [4.78, 5) is 0. The van der Waals surface area contributed by atoms with Crippen molar-refractivity contribution in [3.05, 3.63) is 76.8 Å². The van der Waals surface area contributed by atoms with E-state index in [1.165, 1.54) is 52.1 Å². The summed E-state index contributed by atoms with van der Waals surface area (Å²) < 4.78 is 2.70. The number of rotatable bonds is 7. The predicted molar refractivity (Wildman–Crippen MR) is 126 cm³/mol. The van der Waals surface area contributed by atoms with Crippen LogP contribution in [0.2, 0.25) is 0 Å². The van der Waals surface area contributed by atoms with E-state index >= 15 is 0 Å². The van der Waals surface area contributed by atoms with Crippen molar-refractivity contribution in [1.29, 1.82) is 0 Å². The molecule has 0 bridgehead atoms. The summed E-state index contributed by atoms with van der Waals surface area (Å²) in [7, 11) is 0.856. The lowest BCUT2D eigenvalue weighted by atomic mass is 10.4. The Labute approximate surface area is 172 Å². The van der Waals surface area contributed by atoms with E-state index in [0.29, 0.717) is 0 Å². The largest absolute Gasteiger partial charge is 0.121 e. The third-order valence-corrected chi connectivity index (χ3v) is 10.7. The first kappa shape index (κ1) is 20.1. The molecule has 0 saturated heterocycles. The van der Waals surface area contributed by atoms with Crippen LogP contribution in [-0.2, 0) is 0 Å². The zero-order valence-corrected chi connectivity index (χ0v) is 19.3. The van der Waals surface area contributed by atoms with Crippen LogP contribution >= 0.6 is 43.8 Å². The fourth-order valence-corrected chi connectivity index (χ4v) is 9.91. The van der Waals surface area contributed by atoms with Gasteiger partial charge in [-0.15, -0.1) is 11.8 Å². The highest BCUT2D eigenvalue weighted by atomic mass is 79.9. The van der Waals surface area contributed by atoms with Gasteiger partial charge in [0.1, 0.15) is 0 Å². The van der Waals surface area contributed by atoms with E-state index in [4.69, 9.17) is 0 Å². The molecule has 0 N–H and O–H groups in total. The third-order valence-electron chi connectivity index (χ3n) is 4.15. The Bertz CT molecular complexity index is 798. The van der Waals surface area contributed by atoms with E-state index in [2.05, 4.69) is 96.5 Å². The molecule has 0 spiro atoms. The number of unbranched alkanes of at least 4 members (excludes halogenated alkanes) is 1. The average molecular weight is 461 g/mol. The summed E-state index contributed by atoms with van der Waals surface area (Å²) in [5.74, 6) is 1.20. The summed E-state index contributed by atoms with van der Waals surface area (Å²) in [6.45, 7) is 4.52. The van der Waals surface area contributed by atoms with Gasteiger partial charge in [-0.05, 0) is 49.3 Å². The van der Waals surface area contributed by atoms with Gasteiger partial charge < -0.3 is 0 Å². The highest BCUT2D eigenvalue weighted by molar-refractivity contribution is 9.10. The van der Waals surface area contributed by atoms with Crippen molar-refractivity contribution in [1.82, 2.24) is 0 Å². The van der Waals surface area contributed by atoms with Gasteiger partial charge in [-0.1, -0.05) is 98.1 Å². The molecule has 0 atom stereocenters. The smallest absolute Gasteiger partial charge is 0.0362 e. The minimum Gasteiger partial charge on any atom is -0.121 e. The average Bonchev–Trinajstić information content (AvgIpc) is 2.67. The summed E-state index contributed by atoms with van der Waals surface area (Å²) in [6, 6.07) is 24.3. The van der Waals surface area contributed by atoms with Crippen LogP contribution in [0.15, 0.2) is 75.8 Å². The van der Waals surface area contributed by atoms with Crippen molar-refractivity contribution in [3.63, 3.8) is 0 Å². The third kappa shape index (κ3) is 4.99. The standard InChI is InChI=1S/C22H23BrP2S/c1-3-4-15-26-21-16-20(23)17(2)22(24-21)25(18-11-7-5-8-12-18)19-13-9-6-10-14-19/h5-14,16H,3-4,15H2,1-2H3. The molecule has 4 heteroatoms. The molecule has 0 nitrogen and oxygen atoms in total. The Kier molecular flexibility index (Phi) is 7.77. The summed E-state index contributed by atoms with van der Waals surface area (Å²) >= 11 is 5.85. The molecule has 0 saturated carbocycles. The fraction of sp³-hybridized carbons (Fsp3) is 0.227. The Morgan fingerprint density at radius 3 is 2.08 bits per heavy atom. The van der Waals surface area contributed by atoms with Crippen molar-refractivity contribution in [3.8, 4) is 0 Å². The maximum absolute atomic E-state index is 3.83. The van der Waals surface area contributed by atoms with Gasteiger partial charge in [0.25, 0.3) is 0 Å². The summed E-state index contributed by atoms with van der Waals surface area (Å²) in [6.07, 6.45) is 2.53. The number of thioether (sulfide) groups is 1. The first-order chi connectivity index (χ1) is 12.7. The summed E-state index contributed by atoms with van der Waals surface area (Å²) in [5.41, 5.74) is 1.39. The molecule has 0 amide bonds. The van der Waals surface area contributed by atoms with Gasteiger partial charge in [0.05, 0.1) is 0 Å². The van der Waals surface area contributed by atoms with Crippen molar-refractivity contribution < 1.29 is 0 Å². The van der Waals surface area contributed by atoms with Crippen LogP contribution in [0.1, 0.15) is 25.3 Å². The SMILES string of the molecule is CCCCSc1cc(Br)c(C)c(P(c2ccccc2)c2ccccc2)p1. The lowest BCUT2D eigenvalue weighted by Gasteiger charge is -2.22. The zero-order valence-electron chi connectivity index (χ0n) is 15.2. The lowest BCUT2D eigenvalue weighted by molar-refractivity contribution is 0.896. The molecule has 0 fully saturated rings. The number of benzene rings is 2. The first-order valence-corrected chi connectivity index (χ1v) is 12.9. The van der Waals surface area contributed by atoms with Crippen LogP contribution in [0.3, 0.4) is 0 Å². The van der Waals surface area contributed by atoms with E-state index in [-0.39, 0.29) is 0 Å². The minimum absolute atomic E-state index is 0.518. The van der Waals surface area contributed by atoms with Crippen LogP contribution in [-0.4, -0.2) is 5.75 Å². The molecule has 26 heavy (non-hydrogen) atoms. The van der Waals surface area contributed by atoms with Crippen molar-refractivity contribution >= 4 is 59.5 Å². The van der Waals surface area contributed by atoms with E-state index < -0.39 is 7.92 Å². The molecule has 1 aromatic heterocycles. The Balaban J connectivity index is 2.09. The zero-order chi connectivity index (χ0) is 18.4. The van der Waals surface area contributed by atoms with Gasteiger partial charge in [0.2, 0.25) is 0 Å². The van der Waals surface area contributed by atoms with Crippen molar-refractivity contribution in [2.24, 2.45) is 0 Å². The Morgan fingerprint density at radius 2 is 1.54 bits per heavy atom. The highest BCUT2D eigenvalue weighted by Crippen LogP contribution is 2.42. The fourth-order valence-electron chi connectivity index (χ4n) is 2.70.